The zero-order valence-electron chi connectivity index (χ0n) is 10.7. The highest BCUT2D eigenvalue weighted by Crippen LogP contribution is 2.16. The van der Waals surface area contributed by atoms with Gasteiger partial charge in [0.2, 0.25) is 0 Å². The standard InChI is InChI=1S/C14H23N3/c1-16(10-8-15)14-7-9-17(12-14)11-13-5-3-2-4-6-13/h2-6,14H,7-12,15H2,1H3. The minimum Gasteiger partial charge on any atom is -0.329 e. The Morgan fingerprint density at radius 2 is 2.12 bits per heavy atom. The zero-order chi connectivity index (χ0) is 12.1. The number of nitrogens with two attached hydrogens (primary N) is 1. The lowest BCUT2D eigenvalue weighted by Gasteiger charge is -2.24. The summed E-state index contributed by atoms with van der Waals surface area (Å²) in [5, 5.41) is 0. The summed E-state index contributed by atoms with van der Waals surface area (Å²) in [6.45, 7) is 5.21. The van der Waals surface area contributed by atoms with Crippen molar-refractivity contribution in [1.82, 2.24) is 9.80 Å². The van der Waals surface area contributed by atoms with E-state index in [2.05, 4.69) is 47.2 Å². The molecule has 0 spiro atoms. The Hall–Kier alpha value is -0.900. The number of benzene rings is 1. The van der Waals surface area contributed by atoms with Gasteiger partial charge in [0.15, 0.2) is 0 Å². The van der Waals surface area contributed by atoms with Crippen molar-refractivity contribution >= 4 is 0 Å². The molecule has 1 aliphatic rings. The Labute approximate surface area is 104 Å². The Morgan fingerprint density at radius 1 is 1.35 bits per heavy atom. The number of likely N-dealkylation sites (N-methyl/N-ethyl adjacent to an activating group) is 1. The number of hydrogen-bond acceptors (Lipinski definition) is 3. The van der Waals surface area contributed by atoms with E-state index in [0.717, 1.165) is 19.6 Å². The number of nitrogens with zero attached hydrogens (tertiary/aromatic N) is 2. The molecule has 0 saturated carbocycles. The molecule has 0 amide bonds. The maximum absolute atomic E-state index is 5.60. The van der Waals surface area contributed by atoms with E-state index in [1.807, 2.05) is 0 Å². The number of likely N-dealkylation sites (tertiary alicyclic amines) is 1. The molecule has 2 N–H and O–H groups in total. The summed E-state index contributed by atoms with van der Waals surface area (Å²) in [5.74, 6) is 0. The first kappa shape index (κ1) is 12.6. The van der Waals surface area contributed by atoms with Crippen molar-refractivity contribution in [2.45, 2.75) is 19.0 Å². The van der Waals surface area contributed by atoms with Crippen molar-refractivity contribution in [2.24, 2.45) is 5.73 Å². The highest BCUT2D eigenvalue weighted by atomic mass is 15.2. The molecule has 1 aromatic carbocycles. The van der Waals surface area contributed by atoms with Gasteiger partial charge in [-0.3, -0.25) is 4.90 Å². The zero-order valence-corrected chi connectivity index (χ0v) is 10.7. The Bertz CT molecular complexity index is 325. The summed E-state index contributed by atoms with van der Waals surface area (Å²) >= 11 is 0. The van der Waals surface area contributed by atoms with Gasteiger partial charge in [-0.05, 0) is 19.0 Å². The van der Waals surface area contributed by atoms with E-state index < -0.39 is 0 Å². The molecule has 2 rings (SSSR count). The van der Waals surface area contributed by atoms with Crippen LogP contribution in [0.25, 0.3) is 0 Å². The maximum atomic E-state index is 5.60. The maximum Gasteiger partial charge on any atom is 0.0234 e. The van der Waals surface area contributed by atoms with Gasteiger partial charge < -0.3 is 10.6 Å². The van der Waals surface area contributed by atoms with Crippen molar-refractivity contribution in [1.29, 1.82) is 0 Å². The molecule has 1 aromatic rings. The summed E-state index contributed by atoms with van der Waals surface area (Å²) in [7, 11) is 2.18. The lowest BCUT2D eigenvalue weighted by molar-refractivity contribution is 0.234. The molecule has 0 aromatic heterocycles. The Balaban J connectivity index is 1.82. The van der Waals surface area contributed by atoms with Crippen LogP contribution in [0.3, 0.4) is 0 Å². The Kier molecular flexibility index (Phi) is 4.54. The average Bonchev–Trinajstić information content (AvgIpc) is 2.79. The normalized spacial score (nSPS) is 21.2. The highest BCUT2D eigenvalue weighted by molar-refractivity contribution is 5.14. The third-order valence-corrected chi connectivity index (χ3v) is 3.60. The molecule has 1 heterocycles. The van der Waals surface area contributed by atoms with E-state index in [1.165, 1.54) is 25.1 Å². The molecule has 3 nitrogen and oxygen atoms in total. The SMILES string of the molecule is CN(CCN)C1CCN(Cc2ccccc2)C1. The quantitative estimate of drug-likeness (QED) is 0.828. The molecule has 3 heteroatoms. The lowest BCUT2D eigenvalue weighted by Crippen LogP contribution is -2.37. The van der Waals surface area contributed by atoms with E-state index in [1.54, 1.807) is 0 Å². The molecular weight excluding hydrogens is 210 g/mol. The average molecular weight is 233 g/mol. The summed E-state index contributed by atoms with van der Waals surface area (Å²) in [6.07, 6.45) is 1.27. The van der Waals surface area contributed by atoms with Gasteiger partial charge in [-0.2, -0.15) is 0 Å². The second-order valence-electron chi connectivity index (χ2n) is 4.93. The van der Waals surface area contributed by atoms with Crippen LogP contribution in [0.2, 0.25) is 0 Å². The van der Waals surface area contributed by atoms with Crippen LogP contribution in [0.1, 0.15) is 12.0 Å². The molecule has 0 aliphatic carbocycles. The fourth-order valence-electron chi connectivity index (χ4n) is 2.54. The predicted molar refractivity (Wildman–Crippen MR) is 71.8 cm³/mol. The van der Waals surface area contributed by atoms with E-state index >= 15 is 0 Å². The second-order valence-corrected chi connectivity index (χ2v) is 4.93. The van der Waals surface area contributed by atoms with Gasteiger partial charge in [0.25, 0.3) is 0 Å². The molecule has 0 radical (unpaired) electrons. The van der Waals surface area contributed by atoms with Crippen molar-refractivity contribution in [3.63, 3.8) is 0 Å². The van der Waals surface area contributed by atoms with Crippen LogP contribution in [0.15, 0.2) is 30.3 Å². The van der Waals surface area contributed by atoms with Crippen LogP contribution in [0.5, 0.6) is 0 Å². The van der Waals surface area contributed by atoms with Crippen LogP contribution in [0, 0.1) is 0 Å². The molecule has 1 atom stereocenters. The van der Waals surface area contributed by atoms with E-state index in [9.17, 15) is 0 Å². The smallest absolute Gasteiger partial charge is 0.0234 e. The van der Waals surface area contributed by atoms with Gasteiger partial charge in [-0.1, -0.05) is 30.3 Å². The van der Waals surface area contributed by atoms with E-state index in [0.29, 0.717) is 6.04 Å². The molecule has 17 heavy (non-hydrogen) atoms. The van der Waals surface area contributed by atoms with Crippen molar-refractivity contribution in [3.05, 3.63) is 35.9 Å². The van der Waals surface area contributed by atoms with Gasteiger partial charge in [0.05, 0.1) is 0 Å². The van der Waals surface area contributed by atoms with Gasteiger partial charge in [0.1, 0.15) is 0 Å². The topological polar surface area (TPSA) is 32.5 Å². The minimum absolute atomic E-state index is 0.683. The molecule has 1 unspecified atom stereocenters. The summed E-state index contributed by atoms with van der Waals surface area (Å²) in [4.78, 5) is 4.93. The minimum atomic E-state index is 0.683. The second kappa shape index (κ2) is 6.15. The van der Waals surface area contributed by atoms with Crippen LogP contribution in [-0.4, -0.2) is 49.1 Å². The first-order valence-electron chi connectivity index (χ1n) is 6.46. The molecule has 1 fully saturated rings. The third kappa shape index (κ3) is 3.53. The number of rotatable bonds is 5. The van der Waals surface area contributed by atoms with Gasteiger partial charge in [0, 0.05) is 38.8 Å². The molecule has 0 bridgehead atoms. The fraction of sp³-hybridized carbons (Fsp3) is 0.571. The largest absolute Gasteiger partial charge is 0.329 e. The molecule has 1 aliphatic heterocycles. The highest BCUT2D eigenvalue weighted by Gasteiger charge is 2.24. The molecule has 94 valence electrons. The van der Waals surface area contributed by atoms with Crippen LogP contribution >= 0.6 is 0 Å². The monoisotopic (exact) mass is 233 g/mol. The van der Waals surface area contributed by atoms with Crippen molar-refractivity contribution in [3.8, 4) is 0 Å². The van der Waals surface area contributed by atoms with Crippen molar-refractivity contribution in [2.75, 3.05) is 33.2 Å². The first-order chi connectivity index (χ1) is 8.29. The van der Waals surface area contributed by atoms with Gasteiger partial charge >= 0.3 is 0 Å². The van der Waals surface area contributed by atoms with E-state index in [4.69, 9.17) is 5.73 Å². The van der Waals surface area contributed by atoms with Gasteiger partial charge in [-0.25, -0.2) is 0 Å². The summed E-state index contributed by atoms with van der Waals surface area (Å²) < 4.78 is 0. The number of hydrogen-bond donors (Lipinski definition) is 1. The molecular formula is C14H23N3. The Morgan fingerprint density at radius 3 is 2.82 bits per heavy atom. The fourth-order valence-corrected chi connectivity index (χ4v) is 2.54. The summed E-state index contributed by atoms with van der Waals surface area (Å²) in [5.41, 5.74) is 7.01. The van der Waals surface area contributed by atoms with Gasteiger partial charge in [-0.15, -0.1) is 0 Å². The van der Waals surface area contributed by atoms with Crippen LogP contribution < -0.4 is 5.73 Å². The van der Waals surface area contributed by atoms with Crippen LogP contribution in [-0.2, 0) is 6.54 Å². The first-order valence-corrected chi connectivity index (χ1v) is 6.46. The predicted octanol–water partition coefficient (Wildman–Crippen LogP) is 1.15. The lowest BCUT2D eigenvalue weighted by atomic mass is 10.2. The molecule has 1 saturated heterocycles. The summed E-state index contributed by atoms with van der Waals surface area (Å²) in [6, 6.07) is 11.4. The van der Waals surface area contributed by atoms with Crippen molar-refractivity contribution < 1.29 is 0 Å². The van der Waals surface area contributed by atoms with E-state index in [-0.39, 0.29) is 0 Å². The van der Waals surface area contributed by atoms with Crippen LogP contribution in [0.4, 0.5) is 0 Å². The third-order valence-electron chi connectivity index (χ3n) is 3.60.